The second kappa shape index (κ2) is 6.11. The molecular formula is C12H12BrN5. The zero-order valence-corrected chi connectivity index (χ0v) is 11.2. The molecule has 18 heavy (non-hydrogen) atoms. The summed E-state index contributed by atoms with van der Waals surface area (Å²) in [5, 5.41) is 13.9. The van der Waals surface area contributed by atoms with Gasteiger partial charge in [0.05, 0.1) is 6.20 Å². The van der Waals surface area contributed by atoms with Gasteiger partial charge in [-0.15, -0.1) is 11.7 Å². The first-order valence-electron chi connectivity index (χ1n) is 5.35. The molecule has 0 aliphatic heterocycles. The van der Waals surface area contributed by atoms with Gasteiger partial charge in [0.2, 0.25) is 5.95 Å². The van der Waals surface area contributed by atoms with Gasteiger partial charge >= 0.3 is 0 Å². The van der Waals surface area contributed by atoms with Gasteiger partial charge in [-0.3, -0.25) is 0 Å². The smallest absolute Gasteiger partial charge is 0.249 e. The Bertz CT molecular complexity index is 543. The fourth-order valence-corrected chi connectivity index (χ4v) is 1.71. The van der Waals surface area contributed by atoms with E-state index in [1.165, 1.54) is 0 Å². The third kappa shape index (κ3) is 3.53. The molecule has 0 bridgehead atoms. The maximum absolute atomic E-state index is 4.28. The third-order valence-corrected chi connectivity index (χ3v) is 2.56. The van der Waals surface area contributed by atoms with Crippen molar-refractivity contribution in [2.45, 2.75) is 0 Å². The number of hydrogen-bond donors (Lipinski definition) is 2. The van der Waals surface area contributed by atoms with Crippen LogP contribution >= 0.6 is 15.9 Å². The van der Waals surface area contributed by atoms with E-state index >= 15 is 0 Å². The van der Waals surface area contributed by atoms with Gasteiger partial charge in [0.15, 0.2) is 5.82 Å². The molecule has 0 amide bonds. The molecule has 0 atom stereocenters. The normalized spacial score (nSPS) is 9.83. The van der Waals surface area contributed by atoms with Crippen LogP contribution in [0.4, 0.5) is 17.5 Å². The SMILES string of the molecule is C=CCNc1cnnc(Nc2cccc(Br)c2)n1. The maximum atomic E-state index is 4.28. The van der Waals surface area contributed by atoms with Gasteiger partial charge in [-0.1, -0.05) is 28.1 Å². The minimum absolute atomic E-state index is 0.446. The van der Waals surface area contributed by atoms with E-state index in [9.17, 15) is 0 Å². The van der Waals surface area contributed by atoms with Crippen molar-refractivity contribution in [3.63, 3.8) is 0 Å². The Balaban J connectivity index is 2.11. The van der Waals surface area contributed by atoms with Crippen molar-refractivity contribution in [3.05, 3.63) is 47.6 Å². The Labute approximate surface area is 113 Å². The summed E-state index contributed by atoms with van der Waals surface area (Å²) in [6, 6.07) is 7.75. The number of benzene rings is 1. The van der Waals surface area contributed by atoms with Gasteiger partial charge in [0, 0.05) is 16.7 Å². The van der Waals surface area contributed by atoms with Gasteiger partial charge in [-0.25, -0.2) is 0 Å². The fraction of sp³-hybridized carbons (Fsp3) is 0.0833. The molecule has 0 aliphatic carbocycles. The summed E-state index contributed by atoms with van der Waals surface area (Å²) in [6.45, 7) is 4.26. The van der Waals surface area contributed by atoms with Crippen LogP contribution in [-0.2, 0) is 0 Å². The van der Waals surface area contributed by atoms with Gasteiger partial charge in [-0.05, 0) is 18.2 Å². The van der Waals surface area contributed by atoms with E-state index in [0.717, 1.165) is 10.2 Å². The highest BCUT2D eigenvalue weighted by molar-refractivity contribution is 9.10. The predicted molar refractivity (Wildman–Crippen MR) is 75.9 cm³/mol. The van der Waals surface area contributed by atoms with Crippen LogP contribution in [-0.4, -0.2) is 21.7 Å². The molecule has 0 unspecified atom stereocenters. The van der Waals surface area contributed by atoms with Crippen molar-refractivity contribution >= 4 is 33.4 Å². The first-order valence-corrected chi connectivity index (χ1v) is 6.14. The molecule has 1 aromatic carbocycles. The van der Waals surface area contributed by atoms with Crippen LogP contribution in [0.2, 0.25) is 0 Å². The average molecular weight is 306 g/mol. The first kappa shape index (κ1) is 12.5. The summed E-state index contributed by atoms with van der Waals surface area (Å²) in [5.74, 6) is 1.10. The van der Waals surface area contributed by atoms with Gasteiger partial charge in [0.1, 0.15) is 0 Å². The van der Waals surface area contributed by atoms with Crippen LogP contribution < -0.4 is 10.6 Å². The number of rotatable bonds is 5. The number of nitrogens with zero attached hydrogens (tertiary/aromatic N) is 3. The largest absolute Gasteiger partial charge is 0.365 e. The van der Waals surface area contributed by atoms with Crippen LogP contribution in [0.25, 0.3) is 0 Å². The molecule has 0 radical (unpaired) electrons. The summed E-state index contributed by atoms with van der Waals surface area (Å²) in [5.41, 5.74) is 0.895. The lowest BCUT2D eigenvalue weighted by atomic mass is 10.3. The van der Waals surface area contributed by atoms with Crippen LogP contribution in [0.15, 0.2) is 47.6 Å². The number of nitrogens with one attached hydrogen (secondary N) is 2. The molecule has 92 valence electrons. The Morgan fingerprint density at radius 2 is 2.28 bits per heavy atom. The Morgan fingerprint density at radius 3 is 3.06 bits per heavy atom. The fourth-order valence-electron chi connectivity index (χ4n) is 1.31. The van der Waals surface area contributed by atoms with E-state index < -0.39 is 0 Å². The molecule has 0 saturated heterocycles. The molecule has 1 heterocycles. The van der Waals surface area contributed by atoms with Crippen LogP contribution in [0.5, 0.6) is 0 Å². The Hall–Kier alpha value is -1.95. The Morgan fingerprint density at radius 1 is 1.39 bits per heavy atom. The van der Waals surface area contributed by atoms with Gasteiger partial charge in [-0.2, -0.15) is 10.1 Å². The van der Waals surface area contributed by atoms with Crippen molar-refractivity contribution in [2.75, 3.05) is 17.2 Å². The monoisotopic (exact) mass is 305 g/mol. The predicted octanol–water partition coefficient (Wildman–Crippen LogP) is 2.98. The van der Waals surface area contributed by atoms with E-state index in [2.05, 4.69) is 48.3 Å². The third-order valence-electron chi connectivity index (χ3n) is 2.07. The molecule has 0 fully saturated rings. The van der Waals surface area contributed by atoms with Crippen LogP contribution in [0.1, 0.15) is 0 Å². The average Bonchev–Trinajstić information content (AvgIpc) is 2.37. The molecule has 2 aromatic rings. The lowest BCUT2D eigenvalue weighted by Crippen LogP contribution is -2.05. The lowest BCUT2D eigenvalue weighted by Gasteiger charge is -2.06. The molecule has 1 aromatic heterocycles. The highest BCUT2D eigenvalue weighted by atomic mass is 79.9. The van der Waals surface area contributed by atoms with Crippen LogP contribution in [0, 0.1) is 0 Å². The molecular weight excluding hydrogens is 294 g/mol. The standard InChI is InChI=1S/C12H12BrN5/c1-2-6-14-11-8-15-18-12(17-11)16-10-5-3-4-9(13)7-10/h2-5,7-8H,1,6H2,(H2,14,16,17,18). The zero-order chi connectivity index (χ0) is 12.8. The highest BCUT2D eigenvalue weighted by Gasteiger charge is 2.00. The zero-order valence-electron chi connectivity index (χ0n) is 9.60. The minimum atomic E-state index is 0.446. The molecule has 0 aliphatic rings. The van der Waals surface area contributed by atoms with E-state index in [1.54, 1.807) is 12.3 Å². The van der Waals surface area contributed by atoms with Crippen molar-refractivity contribution in [3.8, 4) is 0 Å². The summed E-state index contributed by atoms with van der Waals surface area (Å²) in [7, 11) is 0. The first-order chi connectivity index (χ1) is 8.78. The summed E-state index contributed by atoms with van der Waals surface area (Å²) in [4.78, 5) is 4.28. The van der Waals surface area contributed by atoms with E-state index in [1.807, 2.05) is 24.3 Å². The van der Waals surface area contributed by atoms with E-state index in [4.69, 9.17) is 0 Å². The summed E-state index contributed by atoms with van der Waals surface area (Å²) < 4.78 is 0.987. The number of aromatic nitrogens is 3. The molecule has 2 rings (SSSR count). The molecule has 0 saturated carbocycles. The molecule has 2 N–H and O–H groups in total. The summed E-state index contributed by atoms with van der Waals surface area (Å²) >= 11 is 3.40. The van der Waals surface area contributed by atoms with Crippen molar-refractivity contribution in [1.82, 2.24) is 15.2 Å². The van der Waals surface area contributed by atoms with Crippen molar-refractivity contribution in [2.24, 2.45) is 0 Å². The molecule has 0 spiro atoms. The molecule has 5 nitrogen and oxygen atoms in total. The number of anilines is 3. The summed E-state index contributed by atoms with van der Waals surface area (Å²) in [6.07, 6.45) is 3.32. The minimum Gasteiger partial charge on any atom is -0.365 e. The van der Waals surface area contributed by atoms with Gasteiger partial charge in [0.25, 0.3) is 0 Å². The quantitative estimate of drug-likeness (QED) is 0.832. The van der Waals surface area contributed by atoms with Gasteiger partial charge < -0.3 is 10.6 Å². The van der Waals surface area contributed by atoms with E-state index in [0.29, 0.717) is 18.3 Å². The van der Waals surface area contributed by atoms with Crippen LogP contribution in [0.3, 0.4) is 0 Å². The number of halogens is 1. The second-order valence-corrected chi connectivity index (χ2v) is 4.39. The maximum Gasteiger partial charge on any atom is 0.249 e. The Kier molecular flexibility index (Phi) is 4.25. The van der Waals surface area contributed by atoms with Crippen molar-refractivity contribution < 1.29 is 0 Å². The van der Waals surface area contributed by atoms with E-state index in [-0.39, 0.29) is 0 Å². The topological polar surface area (TPSA) is 62.7 Å². The second-order valence-electron chi connectivity index (χ2n) is 3.47. The molecule has 6 heteroatoms. The highest BCUT2D eigenvalue weighted by Crippen LogP contribution is 2.18. The number of hydrogen-bond acceptors (Lipinski definition) is 5. The van der Waals surface area contributed by atoms with Crippen molar-refractivity contribution in [1.29, 1.82) is 0 Å². The lowest BCUT2D eigenvalue weighted by molar-refractivity contribution is 0.976.